The highest BCUT2D eigenvalue weighted by Gasteiger charge is 2.26. The molecule has 42 heavy (non-hydrogen) atoms. The lowest BCUT2D eigenvalue weighted by atomic mass is 9.95. The quantitative estimate of drug-likeness (QED) is 0.255. The summed E-state index contributed by atoms with van der Waals surface area (Å²) in [6.07, 6.45) is 2.95. The molecule has 0 radical (unpaired) electrons. The zero-order valence-electron chi connectivity index (χ0n) is 25.2. The minimum Gasteiger partial charge on any atom is -0.353 e. The van der Waals surface area contributed by atoms with E-state index in [-0.39, 0.29) is 29.9 Å². The van der Waals surface area contributed by atoms with Crippen molar-refractivity contribution in [3.63, 3.8) is 0 Å². The molecule has 0 unspecified atom stereocenters. The predicted octanol–water partition coefficient (Wildman–Crippen LogP) is 4.88. The minimum atomic E-state index is -0.519. The Morgan fingerprint density at radius 1 is 1.02 bits per heavy atom. The highest BCUT2D eigenvalue weighted by atomic mass is 32.1. The van der Waals surface area contributed by atoms with Gasteiger partial charge in [-0.1, -0.05) is 49.9 Å². The Hall–Kier alpha value is -3.20. The van der Waals surface area contributed by atoms with Crippen LogP contribution in [0.5, 0.6) is 0 Å². The highest BCUT2D eigenvalue weighted by Crippen LogP contribution is 2.26. The summed E-state index contributed by atoms with van der Waals surface area (Å²) in [7, 11) is 2.11. The summed E-state index contributed by atoms with van der Waals surface area (Å²) in [5, 5.41) is 4.07. The van der Waals surface area contributed by atoms with E-state index in [1.165, 1.54) is 12.5 Å². The van der Waals surface area contributed by atoms with Crippen LogP contribution in [0, 0.1) is 5.92 Å². The molecule has 2 aromatic carbocycles. The van der Waals surface area contributed by atoms with E-state index in [9.17, 15) is 14.4 Å². The summed E-state index contributed by atoms with van der Waals surface area (Å²) in [6, 6.07) is 16.0. The Morgan fingerprint density at radius 2 is 1.76 bits per heavy atom. The van der Waals surface area contributed by atoms with Crippen LogP contribution in [-0.2, 0) is 33.6 Å². The van der Waals surface area contributed by atoms with E-state index in [0.29, 0.717) is 37.8 Å². The maximum atomic E-state index is 13.7. The number of carbonyl (C=O) groups excluding carboxylic acids is 3. The Labute approximate surface area is 254 Å². The Kier molecular flexibility index (Phi) is 11.6. The van der Waals surface area contributed by atoms with Crippen molar-refractivity contribution in [3.05, 3.63) is 76.8 Å². The number of aromatic nitrogens is 1. The molecule has 0 saturated carbocycles. The predicted molar refractivity (Wildman–Crippen MR) is 171 cm³/mol. The molecule has 0 aliphatic carbocycles. The lowest BCUT2D eigenvalue weighted by Crippen LogP contribution is -2.45. The number of nitrogens with one attached hydrogen (secondary N) is 1. The topological polar surface area (TPSA) is 82.6 Å². The fourth-order valence-corrected chi connectivity index (χ4v) is 6.54. The van der Waals surface area contributed by atoms with Crippen molar-refractivity contribution >= 4 is 39.0 Å². The number of hydrogen-bond acceptors (Lipinski definition) is 7. The molecule has 0 spiro atoms. The lowest BCUT2D eigenvalue weighted by Gasteiger charge is -2.32. The van der Waals surface area contributed by atoms with Crippen LogP contribution in [0.3, 0.4) is 0 Å². The Balaban J connectivity index is 1.42. The number of Topliss-reactive ketones (excluding diaryl/α,β-unsaturated/α-hetero) is 2. The van der Waals surface area contributed by atoms with Gasteiger partial charge >= 0.3 is 0 Å². The van der Waals surface area contributed by atoms with Crippen molar-refractivity contribution in [1.29, 1.82) is 0 Å². The average Bonchev–Trinajstić information content (AvgIpc) is 3.38. The number of aryl methyl sites for hydroxylation is 1. The molecule has 2 atom stereocenters. The van der Waals surface area contributed by atoms with Crippen LogP contribution in [0.15, 0.2) is 60.7 Å². The first-order valence-corrected chi connectivity index (χ1v) is 15.9. The molecule has 7 nitrogen and oxygen atoms in total. The summed E-state index contributed by atoms with van der Waals surface area (Å²) in [5.41, 5.74) is 3.89. The minimum absolute atomic E-state index is 0.0282. The highest BCUT2D eigenvalue weighted by molar-refractivity contribution is 7.18. The molecule has 1 aliphatic rings. The Morgan fingerprint density at radius 3 is 2.45 bits per heavy atom. The molecule has 4 rings (SSSR count). The van der Waals surface area contributed by atoms with Crippen molar-refractivity contribution in [3.8, 4) is 0 Å². The van der Waals surface area contributed by atoms with Crippen LogP contribution in [0.2, 0.25) is 0 Å². The summed E-state index contributed by atoms with van der Waals surface area (Å²) < 4.78 is 1.10. The SMILES string of the molecule is C=C(CN1CCN(C)CC1)C(=O)CC[C@H](Cc1ccccc1)NC(=O)[C@@H](CC(C)=O)Cc1nc2ccc(CC)cc2s1. The first-order valence-electron chi connectivity index (χ1n) is 15.0. The third kappa shape index (κ3) is 9.41. The normalized spacial score (nSPS) is 15.8. The molecule has 8 heteroatoms. The van der Waals surface area contributed by atoms with E-state index in [0.717, 1.165) is 53.4 Å². The second-order valence-corrected chi connectivity index (χ2v) is 12.7. The van der Waals surface area contributed by atoms with Crippen LogP contribution in [0.1, 0.15) is 49.2 Å². The summed E-state index contributed by atoms with van der Waals surface area (Å²) in [6.45, 7) is 12.2. The second-order valence-electron chi connectivity index (χ2n) is 11.6. The number of likely N-dealkylation sites (N-methyl/N-ethyl adjacent to an activating group) is 1. The van der Waals surface area contributed by atoms with Crippen LogP contribution in [-0.4, -0.2) is 78.1 Å². The van der Waals surface area contributed by atoms with Crippen molar-refractivity contribution in [2.45, 2.75) is 58.4 Å². The van der Waals surface area contributed by atoms with E-state index in [2.05, 4.69) is 47.8 Å². The first kappa shape index (κ1) is 31.7. The van der Waals surface area contributed by atoms with E-state index < -0.39 is 5.92 Å². The summed E-state index contributed by atoms with van der Waals surface area (Å²) in [5.74, 6) is -0.666. The molecule has 2 heterocycles. The molecule has 1 fully saturated rings. The van der Waals surface area contributed by atoms with Crippen molar-refractivity contribution in [1.82, 2.24) is 20.1 Å². The largest absolute Gasteiger partial charge is 0.353 e. The molecule has 224 valence electrons. The van der Waals surface area contributed by atoms with Gasteiger partial charge in [0.1, 0.15) is 5.78 Å². The van der Waals surface area contributed by atoms with Crippen molar-refractivity contribution < 1.29 is 14.4 Å². The second kappa shape index (κ2) is 15.3. The maximum absolute atomic E-state index is 13.7. The van der Waals surface area contributed by atoms with Gasteiger partial charge in [0.15, 0.2) is 5.78 Å². The molecule has 1 aliphatic heterocycles. The molecular weight excluding hydrogens is 544 g/mol. The monoisotopic (exact) mass is 588 g/mol. The van der Waals surface area contributed by atoms with Crippen LogP contribution >= 0.6 is 11.3 Å². The number of rotatable bonds is 15. The fraction of sp³-hybridized carbons (Fsp3) is 0.471. The number of hydrogen-bond donors (Lipinski definition) is 1. The summed E-state index contributed by atoms with van der Waals surface area (Å²) in [4.78, 5) is 48.3. The number of nitrogens with zero attached hydrogens (tertiary/aromatic N) is 3. The van der Waals surface area contributed by atoms with E-state index >= 15 is 0 Å². The molecular formula is C34H44N4O3S. The third-order valence-electron chi connectivity index (χ3n) is 8.03. The molecule has 1 aromatic heterocycles. The van der Waals surface area contributed by atoms with Gasteiger partial charge in [0, 0.05) is 63.6 Å². The van der Waals surface area contributed by atoms with E-state index in [1.54, 1.807) is 11.3 Å². The zero-order valence-corrected chi connectivity index (χ0v) is 26.0. The molecule has 1 saturated heterocycles. The average molecular weight is 589 g/mol. The van der Waals surface area contributed by atoms with Crippen LogP contribution in [0.25, 0.3) is 10.2 Å². The standard InChI is InChI=1S/C34H44N4O3S/c1-5-26-11-13-30-32(21-26)42-33(36-30)22-28(19-25(3)39)34(41)35-29(20-27-9-7-6-8-10-27)12-14-31(40)24(2)23-38-17-15-37(4)16-18-38/h6-11,13,21,28-29H,2,5,12,14-20,22-23H2,1,3-4H3,(H,35,41)/t28-,29+/m0/s1. The van der Waals surface area contributed by atoms with Crippen molar-refractivity contribution in [2.24, 2.45) is 5.92 Å². The molecule has 1 amide bonds. The number of piperazine rings is 1. The van der Waals surface area contributed by atoms with Gasteiger partial charge in [-0.2, -0.15) is 0 Å². The number of ketones is 2. The van der Waals surface area contributed by atoms with Crippen molar-refractivity contribution in [2.75, 3.05) is 39.8 Å². The number of fused-ring (bicyclic) bond motifs is 1. The van der Waals surface area contributed by atoms with E-state index in [1.807, 2.05) is 36.4 Å². The van der Waals surface area contributed by atoms with Crippen LogP contribution < -0.4 is 5.32 Å². The summed E-state index contributed by atoms with van der Waals surface area (Å²) >= 11 is 1.59. The zero-order chi connectivity index (χ0) is 30.1. The smallest absolute Gasteiger partial charge is 0.224 e. The number of carbonyl (C=O) groups is 3. The van der Waals surface area contributed by atoms with Gasteiger partial charge in [-0.05, 0) is 56.5 Å². The van der Waals surface area contributed by atoms with Gasteiger partial charge in [0.25, 0.3) is 0 Å². The molecule has 1 N–H and O–H groups in total. The van der Waals surface area contributed by atoms with Gasteiger partial charge in [-0.25, -0.2) is 4.98 Å². The van der Waals surface area contributed by atoms with E-state index in [4.69, 9.17) is 4.98 Å². The van der Waals surface area contributed by atoms with Crippen LogP contribution in [0.4, 0.5) is 0 Å². The van der Waals surface area contributed by atoms with Gasteiger partial charge in [0.2, 0.25) is 5.91 Å². The molecule has 3 aromatic rings. The van der Waals surface area contributed by atoms with Gasteiger partial charge < -0.3 is 15.0 Å². The maximum Gasteiger partial charge on any atom is 0.224 e. The van der Waals surface area contributed by atoms with Gasteiger partial charge in [-0.3, -0.25) is 14.5 Å². The van der Waals surface area contributed by atoms with Gasteiger partial charge in [0.05, 0.1) is 21.1 Å². The first-order chi connectivity index (χ1) is 20.2. The number of amides is 1. The fourth-order valence-electron chi connectivity index (χ4n) is 5.43. The molecule has 0 bridgehead atoms. The number of thiazole rings is 1. The Bertz CT molecular complexity index is 1380. The number of benzene rings is 2. The van der Waals surface area contributed by atoms with Gasteiger partial charge in [-0.15, -0.1) is 11.3 Å². The lowest BCUT2D eigenvalue weighted by molar-refractivity contribution is -0.129. The third-order valence-corrected chi connectivity index (χ3v) is 9.07.